The molecule has 1 aromatic rings. The number of sulfonamides is 1. The number of rotatable bonds is 4. The first-order valence-corrected chi connectivity index (χ1v) is 9.68. The Hall–Kier alpha value is -2.38. The van der Waals surface area contributed by atoms with Gasteiger partial charge in [0, 0.05) is 18.9 Å². The van der Waals surface area contributed by atoms with Gasteiger partial charge in [-0.3, -0.25) is 9.48 Å². The summed E-state index contributed by atoms with van der Waals surface area (Å²) >= 11 is 5.81. The molecule has 28 heavy (non-hydrogen) atoms. The zero-order valence-electron chi connectivity index (χ0n) is 14.5. The van der Waals surface area contributed by atoms with Gasteiger partial charge in [-0.15, -0.1) is 13.2 Å². The molecule has 0 aromatic carbocycles. The monoisotopic (exact) mass is 438 g/mol. The number of alkyl halides is 3. The predicted molar refractivity (Wildman–Crippen MR) is 92.3 cm³/mol. The minimum Gasteiger partial charge on any atom is -0.271 e. The van der Waals surface area contributed by atoms with E-state index in [1.807, 2.05) is 4.72 Å². The van der Waals surface area contributed by atoms with Gasteiger partial charge in [-0.25, -0.2) is 18.0 Å². The number of hydrogen-bond donors (Lipinski definition) is 1. The van der Waals surface area contributed by atoms with Crippen LogP contribution in [0.2, 0.25) is 0 Å². The van der Waals surface area contributed by atoms with Crippen LogP contribution < -0.4 is 9.62 Å². The number of nitrogens with zero attached hydrogens (tertiary/aromatic N) is 5. The maximum Gasteiger partial charge on any atom is 0.488 e. The van der Waals surface area contributed by atoms with Gasteiger partial charge in [0.05, 0.1) is 5.69 Å². The van der Waals surface area contributed by atoms with Gasteiger partial charge in [0.2, 0.25) is 6.67 Å². The number of amides is 1. The summed E-state index contributed by atoms with van der Waals surface area (Å²) in [4.78, 5) is 17.0. The number of nitrogens with one attached hydrogen (secondary N) is 1. The number of amidine groups is 1. The third-order valence-electron chi connectivity index (χ3n) is 3.86. The number of aliphatic imine (C=N–C) groups is 1. The molecule has 1 N–H and O–H groups in total. The van der Waals surface area contributed by atoms with E-state index in [4.69, 9.17) is 11.6 Å². The van der Waals surface area contributed by atoms with Gasteiger partial charge in [0.1, 0.15) is 9.93 Å². The van der Waals surface area contributed by atoms with Crippen molar-refractivity contribution in [3.8, 4) is 0 Å². The largest absolute Gasteiger partial charge is 0.488 e. The van der Waals surface area contributed by atoms with E-state index >= 15 is 0 Å². The summed E-state index contributed by atoms with van der Waals surface area (Å²) in [5, 5.41) is 3.66. The summed E-state index contributed by atoms with van der Waals surface area (Å²) in [5.41, 5.74) is -0.201. The SMILES string of the molecule is CCn1cc(S(=O)(=O)NC(=O)C2=C[N+]3CN(C(F)(F)F)C=C(Cl)C3=N2)c(C)n1. The van der Waals surface area contributed by atoms with Crippen LogP contribution in [0.5, 0.6) is 0 Å². The molecule has 1 radical (unpaired) electrons. The highest BCUT2D eigenvalue weighted by Gasteiger charge is 2.47. The molecular formula is C14H14ClF3N6O3S+. The molecule has 2 aliphatic heterocycles. The van der Waals surface area contributed by atoms with Gasteiger partial charge in [-0.2, -0.15) is 10.1 Å². The molecule has 1 amide bonds. The van der Waals surface area contributed by atoms with Crippen LogP contribution in [0.15, 0.2) is 39.2 Å². The average molecular weight is 439 g/mol. The van der Waals surface area contributed by atoms with E-state index in [-0.39, 0.29) is 26.4 Å². The molecular weight excluding hydrogens is 425 g/mol. The van der Waals surface area contributed by atoms with E-state index in [0.717, 1.165) is 11.1 Å². The number of fused-ring (bicyclic) bond motifs is 1. The van der Waals surface area contributed by atoms with Crippen molar-refractivity contribution in [3.63, 3.8) is 0 Å². The molecule has 0 atom stereocenters. The Morgan fingerprint density at radius 3 is 2.68 bits per heavy atom. The van der Waals surface area contributed by atoms with Crippen LogP contribution in [0.4, 0.5) is 13.2 Å². The van der Waals surface area contributed by atoms with Crippen molar-refractivity contribution >= 4 is 33.4 Å². The van der Waals surface area contributed by atoms with Crippen molar-refractivity contribution in [2.75, 3.05) is 6.67 Å². The summed E-state index contributed by atoms with van der Waals surface area (Å²) < 4.78 is 66.7. The molecule has 3 rings (SSSR count). The topological polar surface area (TPSA) is 103 Å². The lowest BCUT2D eigenvalue weighted by Crippen LogP contribution is -2.48. The normalized spacial score (nSPS) is 17.8. The zero-order chi connectivity index (χ0) is 20.9. The fourth-order valence-corrected chi connectivity index (χ4v) is 3.95. The summed E-state index contributed by atoms with van der Waals surface area (Å²) in [5.74, 6) is -1.19. The second kappa shape index (κ2) is 6.90. The summed E-state index contributed by atoms with van der Waals surface area (Å²) in [6.45, 7) is 2.98. The van der Waals surface area contributed by atoms with Crippen molar-refractivity contribution in [2.45, 2.75) is 31.6 Å². The highest BCUT2D eigenvalue weighted by molar-refractivity contribution is 7.90. The Morgan fingerprint density at radius 2 is 2.11 bits per heavy atom. The molecule has 1 aromatic heterocycles. The van der Waals surface area contributed by atoms with Gasteiger partial charge >= 0.3 is 12.1 Å². The second-order valence-corrected chi connectivity index (χ2v) is 7.90. The summed E-state index contributed by atoms with van der Waals surface area (Å²) in [7, 11) is -4.25. The van der Waals surface area contributed by atoms with Crippen LogP contribution in [-0.2, 0) is 21.4 Å². The van der Waals surface area contributed by atoms with E-state index in [2.05, 4.69) is 10.1 Å². The zero-order valence-corrected chi connectivity index (χ0v) is 16.1. The summed E-state index contributed by atoms with van der Waals surface area (Å²) in [6, 6.07) is 0. The quantitative estimate of drug-likeness (QED) is 0.563. The Bertz CT molecular complexity index is 1030. The van der Waals surface area contributed by atoms with Crippen LogP contribution in [0.1, 0.15) is 12.6 Å². The average Bonchev–Trinajstić information content (AvgIpc) is 3.17. The first-order valence-electron chi connectivity index (χ1n) is 7.82. The molecule has 0 aliphatic carbocycles. The van der Waals surface area contributed by atoms with Crippen LogP contribution in [0.3, 0.4) is 0 Å². The van der Waals surface area contributed by atoms with E-state index in [0.29, 0.717) is 12.7 Å². The molecule has 151 valence electrons. The maximum absolute atomic E-state index is 12.9. The van der Waals surface area contributed by atoms with E-state index in [1.54, 1.807) is 6.92 Å². The second-order valence-electron chi connectivity index (χ2n) is 5.84. The third kappa shape index (κ3) is 3.77. The fraction of sp³-hybridized carbons (Fsp3) is 0.357. The molecule has 0 bridgehead atoms. The van der Waals surface area contributed by atoms with Crippen LogP contribution in [0.25, 0.3) is 0 Å². The maximum atomic E-state index is 12.9. The molecule has 0 saturated carbocycles. The first kappa shape index (κ1) is 20.4. The van der Waals surface area contributed by atoms with Gasteiger partial charge in [-0.05, 0) is 13.8 Å². The Kier molecular flexibility index (Phi) is 5.02. The highest BCUT2D eigenvalue weighted by Crippen LogP contribution is 2.29. The number of aryl methyl sites for hydroxylation is 2. The predicted octanol–water partition coefficient (Wildman–Crippen LogP) is 1.28. The minimum absolute atomic E-state index is 0.00490. The number of hydrogen-bond acceptors (Lipinski definition) is 7. The van der Waals surface area contributed by atoms with Gasteiger partial charge < -0.3 is 0 Å². The third-order valence-corrected chi connectivity index (χ3v) is 5.56. The Morgan fingerprint density at radius 1 is 1.43 bits per heavy atom. The van der Waals surface area contributed by atoms with Crippen molar-refractivity contribution in [1.29, 1.82) is 0 Å². The number of carbonyl (C=O) groups excluding carboxylic acids is 1. The summed E-state index contributed by atoms with van der Waals surface area (Å²) in [6.07, 6.45) is -1.77. The molecule has 0 spiro atoms. The molecule has 2 aliphatic rings. The van der Waals surface area contributed by atoms with Crippen LogP contribution in [-0.4, -0.2) is 47.8 Å². The lowest BCUT2D eigenvalue weighted by atomic mass is 10.4. The Balaban J connectivity index is 1.81. The molecule has 0 saturated heterocycles. The van der Waals surface area contributed by atoms with E-state index < -0.39 is 34.6 Å². The van der Waals surface area contributed by atoms with E-state index in [1.165, 1.54) is 17.8 Å². The van der Waals surface area contributed by atoms with Crippen molar-refractivity contribution in [1.82, 2.24) is 24.3 Å². The van der Waals surface area contributed by atoms with E-state index in [9.17, 15) is 26.4 Å². The Labute approximate surface area is 162 Å². The highest BCUT2D eigenvalue weighted by atomic mass is 35.5. The molecule has 9 nitrogen and oxygen atoms in total. The lowest BCUT2D eigenvalue weighted by molar-refractivity contribution is -0.230. The fourth-order valence-electron chi connectivity index (χ4n) is 2.53. The smallest absolute Gasteiger partial charge is 0.271 e. The molecule has 0 fully saturated rings. The minimum atomic E-state index is -4.68. The van der Waals surface area contributed by atoms with Crippen molar-refractivity contribution in [3.05, 3.63) is 35.0 Å². The number of aromatic nitrogens is 2. The molecule has 0 unspecified atom stereocenters. The van der Waals surface area contributed by atoms with Crippen LogP contribution >= 0.6 is 11.6 Å². The first-order chi connectivity index (χ1) is 12.9. The van der Waals surface area contributed by atoms with Gasteiger partial charge in [0.25, 0.3) is 15.9 Å². The number of carbonyl (C=O) groups is 1. The van der Waals surface area contributed by atoms with Gasteiger partial charge in [0.15, 0.2) is 11.9 Å². The molecule has 3 heterocycles. The standard InChI is InChI=1S/C14H14ClF3N6O3S/c1-3-24-6-11(8(2)20-24)28(26,27)21-13(25)10-5-22-7-23(14(16,17)18)4-9(15)12(22)19-10/h4-6H,3,7H2,1-2H3,(H,21,25)/q+1. The lowest BCUT2D eigenvalue weighted by Gasteiger charge is -2.25. The van der Waals surface area contributed by atoms with Crippen molar-refractivity contribution < 1.29 is 26.4 Å². The molecule has 14 heteroatoms. The van der Waals surface area contributed by atoms with Crippen molar-refractivity contribution in [2.24, 2.45) is 4.99 Å². The van der Waals surface area contributed by atoms with Crippen LogP contribution in [0, 0.1) is 6.92 Å². The number of halogens is 4. The van der Waals surface area contributed by atoms with Gasteiger partial charge in [-0.1, -0.05) is 16.5 Å².